The first kappa shape index (κ1) is 14.9. The number of fused-ring (bicyclic) bond motifs is 1. The van der Waals surface area contributed by atoms with Crippen molar-refractivity contribution in [3.63, 3.8) is 0 Å². The molecule has 0 radical (unpaired) electrons. The maximum Gasteiger partial charge on any atom is 0.0263 e. The highest BCUT2D eigenvalue weighted by molar-refractivity contribution is 8.00. The van der Waals surface area contributed by atoms with Crippen LogP contribution in [0.3, 0.4) is 0 Å². The highest BCUT2D eigenvalue weighted by atomic mass is 32.2. The van der Waals surface area contributed by atoms with Crippen LogP contribution in [0.2, 0.25) is 0 Å². The van der Waals surface area contributed by atoms with Crippen molar-refractivity contribution in [1.82, 2.24) is 9.80 Å². The van der Waals surface area contributed by atoms with Gasteiger partial charge in [-0.1, -0.05) is 25.1 Å². The summed E-state index contributed by atoms with van der Waals surface area (Å²) < 4.78 is 0. The van der Waals surface area contributed by atoms with E-state index < -0.39 is 0 Å². The van der Waals surface area contributed by atoms with E-state index in [2.05, 4.69) is 73.8 Å². The Bertz CT molecular complexity index is 380. The summed E-state index contributed by atoms with van der Waals surface area (Å²) in [4.78, 5) is 6.39. The average Bonchev–Trinajstić information content (AvgIpc) is 2.77. The molecule has 0 saturated carbocycles. The molecule has 0 amide bonds. The van der Waals surface area contributed by atoms with E-state index in [0.29, 0.717) is 6.04 Å². The molecule has 1 aliphatic heterocycles. The smallest absolute Gasteiger partial charge is 0.0263 e. The fraction of sp³-hybridized carbons (Fsp3) is 0.625. The van der Waals surface area contributed by atoms with E-state index in [0.717, 1.165) is 18.3 Å². The maximum atomic E-state index is 2.61. The number of rotatable bonds is 6. The summed E-state index contributed by atoms with van der Waals surface area (Å²) in [6, 6.07) is 9.49. The van der Waals surface area contributed by atoms with Gasteiger partial charge < -0.3 is 4.90 Å². The second-order valence-corrected chi connectivity index (χ2v) is 7.09. The van der Waals surface area contributed by atoms with E-state index >= 15 is 0 Å². The van der Waals surface area contributed by atoms with Crippen molar-refractivity contribution in [3.05, 3.63) is 29.8 Å². The second-order valence-electron chi connectivity index (χ2n) is 5.75. The first-order valence-corrected chi connectivity index (χ1v) is 8.11. The molecule has 1 aromatic rings. The second kappa shape index (κ2) is 6.78. The molecule has 2 unspecified atom stereocenters. The van der Waals surface area contributed by atoms with Gasteiger partial charge in [-0.15, -0.1) is 11.8 Å². The standard InChI is InChI=1S/C16H26N2S/c1-5-18(13(2)11-17(3)4)12-15-10-14-8-6-7-9-16(14)19-15/h6-9,13,15H,5,10-12H2,1-4H3. The molecular weight excluding hydrogens is 252 g/mol. The normalized spacial score (nSPS) is 20.0. The molecule has 3 heteroatoms. The van der Waals surface area contributed by atoms with Gasteiger partial charge in [-0.05, 0) is 45.6 Å². The molecule has 0 fully saturated rings. The van der Waals surface area contributed by atoms with E-state index in [4.69, 9.17) is 0 Å². The van der Waals surface area contributed by atoms with Crippen LogP contribution in [0.25, 0.3) is 0 Å². The fourth-order valence-electron chi connectivity index (χ4n) is 2.88. The highest BCUT2D eigenvalue weighted by Gasteiger charge is 2.25. The van der Waals surface area contributed by atoms with Gasteiger partial charge in [-0.25, -0.2) is 0 Å². The predicted octanol–water partition coefficient (Wildman–Crippen LogP) is 2.98. The van der Waals surface area contributed by atoms with Crippen molar-refractivity contribution >= 4 is 11.8 Å². The van der Waals surface area contributed by atoms with E-state index in [9.17, 15) is 0 Å². The zero-order chi connectivity index (χ0) is 13.8. The Morgan fingerprint density at radius 1 is 1.32 bits per heavy atom. The lowest BCUT2D eigenvalue weighted by Crippen LogP contribution is -2.43. The number of hydrogen-bond donors (Lipinski definition) is 0. The van der Waals surface area contributed by atoms with E-state index in [1.54, 1.807) is 0 Å². The van der Waals surface area contributed by atoms with Crippen LogP contribution in [0.1, 0.15) is 19.4 Å². The Balaban J connectivity index is 1.91. The quantitative estimate of drug-likeness (QED) is 0.790. The molecule has 0 spiro atoms. The number of benzene rings is 1. The van der Waals surface area contributed by atoms with Gasteiger partial charge in [0.05, 0.1) is 0 Å². The summed E-state index contributed by atoms with van der Waals surface area (Å²) in [5, 5.41) is 0.724. The maximum absolute atomic E-state index is 2.61. The summed E-state index contributed by atoms with van der Waals surface area (Å²) in [5.74, 6) is 0. The van der Waals surface area contributed by atoms with Crippen LogP contribution in [-0.2, 0) is 6.42 Å². The van der Waals surface area contributed by atoms with Crippen LogP contribution in [-0.4, -0.2) is 54.8 Å². The summed E-state index contributed by atoms with van der Waals surface area (Å²) in [7, 11) is 4.31. The zero-order valence-electron chi connectivity index (χ0n) is 12.6. The lowest BCUT2D eigenvalue weighted by Gasteiger charge is -2.31. The molecule has 2 nitrogen and oxygen atoms in total. The largest absolute Gasteiger partial charge is 0.308 e. The number of nitrogens with zero attached hydrogens (tertiary/aromatic N) is 2. The van der Waals surface area contributed by atoms with Gasteiger partial charge in [-0.2, -0.15) is 0 Å². The highest BCUT2D eigenvalue weighted by Crippen LogP contribution is 2.37. The van der Waals surface area contributed by atoms with Crippen molar-refractivity contribution < 1.29 is 0 Å². The topological polar surface area (TPSA) is 6.48 Å². The zero-order valence-corrected chi connectivity index (χ0v) is 13.4. The van der Waals surface area contributed by atoms with E-state index in [1.807, 2.05) is 0 Å². The molecule has 0 aromatic heterocycles. The van der Waals surface area contributed by atoms with Crippen LogP contribution >= 0.6 is 11.8 Å². The van der Waals surface area contributed by atoms with Gasteiger partial charge >= 0.3 is 0 Å². The summed E-state index contributed by atoms with van der Waals surface area (Å²) in [6.45, 7) is 8.10. The molecule has 1 heterocycles. The molecule has 0 bridgehead atoms. The van der Waals surface area contributed by atoms with Gasteiger partial charge in [0.1, 0.15) is 0 Å². The first-order valence-electron chi connectivity index (χ1n) is 7.23. The predicted molar refractivity (Wildman–Crippen MR) is 85.1 cm³/mol. The molecule has 0 N–H and O–H groups in total. The summed E-state index contributed by atoms with van der Waals surface area (Å²) in [6.07, 6.45) is 1.23. The third-order valence-electron chi connectivity index (χ3n) is 3.81. The van der Waals surface area contributed by atoms with Crippen molar-refractivity contribution in [3.8, 4) is 0 Å². The monoisotopic (exact) mass is 278 g/mol. The van der Waals surface area contributed by atoms with Crippen LogP contribution in [0.5, 0.6) is 0 Å². The van der Waals surface area contributed by atoms with Gasteiger partial charge in [-0.3, -0.25) is 4.90 Å². The SMILES string of the molecule is CCN(CC1Cc2ccccc2S1)C(C)CN(C)C. The van der Waals surface area contributed by atoms with Crippen LogP contribution in [0.15, 0.2) is 29.2 Å². The van der Waals surface area contributed by atoms with Crippen molar-refractivity contribution in [2.45, 2.75) is 36.5 Å². The molecule has 1 aliphatic rings. The molecule has 106 valence electrons. The Labute approximate surface area is 122 Å². The molecule has 0 saturated heterocycles. The summed E-state index contributed by atoms with van der Waals surface area (Å²) >= 11 is 2.06. The Hall–Kier alpha value is -0.510. The van der Waals surface area contributed by atoms with Gasteiger partial charge in [0.2, 0.25) is 0 Å². The number of thioether (sulfide) groups is 1. The van der Waals surface area contributed by atoms with E-state index in [1.165, 1.54) is 23.4 Å². The fourth-order valence-corrected chi connectivity index (χ4v) is 4.23. The molecular formula is C16H26N2S. The average molecular weight is 278 g/mol. The Morgan fingerprint density at radius 2 is 2.05 bits per heavy atom. The molecule has 0 aliphatic carbocycles. The number of hydrogen-bond acceptors (Lipinski definition) is 3. The lowest BCUT2D eigenvalue weighted by atomic mass is 10.1. The van der Waals surface area contributed by atoms with E-state index in [-0.39, 0.29) is 0 Å². The minimum absolute atomic E-state index is 0.629. The third kappa shape index (κ3) is 3.98. The van der Waals surface area contributed by atoms with Crippen molar-refractivity contribution in [2.24, 2.45) is 0 Å². The number of likely N-dealkylation sites (N-methyl/N-ethyl adjacent to an activating group) is 2. The lowest BCUT2D eigenvalue weighted by molar-refractivity contribution is 0.182. The molecule has 19 heavy (non-hydrogen) atoms. The molecule has 2 rings (SSSR count). The minimum Gasteiger partial charge on any atom is -0.308 e. The Morgan fingerprint density at radius 3 is 2.68 bits per heavy atom. The molecule has 2 atom stereocenters. The van der Waals surface area contributed by atoms with Gasteiger partial charge in [0, 0.05) is 29.3 Å². The minimum atomic E-state index is 0.629. The first-order chi connectivity index (χ1) is 9.10. The van der Waals surface area contributed by atoms with Crippen molar-refractivity contribution in [2.75, 3.05) is 33.7 Å². The molecule has 1 aromatic carbocycles. The van der Waals surface area contributed by atoms with Crippen LogP contribution in [0.4, 0.5) is 0 Å². The third-order valence-corrected chi connectivity index (χ3v) is 5.11. The summed E-state index contributed by atoms with van der Waals surface area (Å²) in [5.41, 5.74) is 1.54. The van der Waals surface area contributed by atoms with Crippen LogP contribution in [0, 0.1) is 0 Å². The van der Waals surface area contributed by atoms with Gasteiger partial charge in [0.15, 0.2) is 0 Å². The van der Waals surface area contributed by atoms with Gasteiger partial charge in [0.25, 0.3) is 0 Å². The Kier molecular flexibility index (Phi) is 5.31. The van der Waals surface area contributed by atoms with Crippen LogP contribution < -0.4 is 0 Å². The van der Waals surface area contributed by atoms with Crippen molar-refractivity contribution in [1.29, 1.82) is 0 Å².